The summed E-state index contributed by atoms with van der Waals surface area (Å²) in [5, 5.41) is 22.5. The monoisotopic (exact) mass is 301 g/mol. The molecule has 116 valence electrons. The lowest BCUT2D eigenvalue weighted by Crippen LogP contribution is -2.49. The van der Waals surface area contributed by atoms with Crippen molar-refractivity contribution in [3.8, 4) is 0 Å². The molecule has 0 saturated carbocycles. The molecule has 2 atom stereocenters. The van der Waals surface area contributed by atoms with Crippen molar-refractivity contribution in [1.82, 2.24) is 5.32 Å². The molecule has 1 aromatic rings. The van der Waals surface area contributed by atoms with Crippen LogP contribution >= 0.6 is 0 Å². The summed E-state index contributed by atoms with van der Waals surface area (Å²) >= 11 is 0. The Kier molecular flexibility index (Phi) is 3.74. The van der Waals surface area contributed by atoms with E-state index in [0.29, 0.717) is 6.42 Å². The Morgan fingerprint density at radius 2 is 1.86 bits per heavy atom. The predicted octanol–water partition coefficient (Wildman–Crippen LogP) is 1.57. The average molecular weight is 301 g/mol. The predicted molar refractivity (Wildman–Crippen MR) is 80.1 cm³/mol. The van der Waals surface area contributed by atoms with E-state index in [9.17, 15) is 19.8 Å². The molecule has 1 amide bonds. The molecule has 0 aromatic heterocycles. The van der Waals surface area contributed by atoms with Gasteiger partial charge in [0.25, 0.3) is 0 Å². The third kappa shape index (κ3) is 2.31. The molecule has 0 bridgehead atoms. The van der Waals surface area contributed by atoms with Crippen molar-refractivity contribution in [1.29, 1.82) is 0 Å². The van der Waals surface area contributed by atoms with Crippen molar-refractivity contribution in [2.24, 2.45) is 5.41 Å². The number of carbonyl (C=O) groups excluding carboxylic acids is 1. The van der Waals surface area contributed by atoms with Gasteiger partial charge in [0.2, 0.25) is 5.91 Å². The maximum atomic E-state index is 12.6. The SMILES string of the molecule is O=C(O)C1(C(=O)N[C@H]2c3ccccc3CC[C@H]2O)CC=CC1. The first-order valence-corrected chi connectivity index (χ1v) is 7.50. The summed E-state index contributed by atoms with van der Waals surface area (Å²) in [7, 11) is 0. The molecular formula is C17H19NO4. The standard InChI is InChI=1S/C17H19NO4/c19-13-8-7-11-5-1-2-6-12(11)14(13)18-15(20)17(16(21)22)9-3-4-10-17/h1-6,13-14,19H,7-10H2,(H,18,20)(H,21,22)/t13-,14+/m1/s1. The van der Waals surface area contributed by atoms with E-state index in [1.165, 1.54) is 0 Å². The molecule has 2 aliphatic rings. The van der Waals surface area contributed by atoms with E-state index < -0.39 is 29.4 Å². The first-order valence-electron chi connectivity index (χ1n) is 7.50. The van der Waals surface area contributed by atoms with E-state index in [-0.39, 0.29) is 12.8 Å². The molecule has 2 aliphatic carbocycles. The Bertz CT molecular complexity index is 629. The molecule has 5 nitrogen and oxygen atoms in total. The zero-order valence-corrected chi connectivity index (χ0v) is 12.2. The molecule has 0 aliphatic heterocycles. The number of benzene rings is 1. The van der Waals surface area contributed by atoms with Crippen LogP contribution in [0, 0.1) is 5.41 Å². The first-order chi connectivity index (χ1) is 10.5. The van der Waals surface area contributed by atoms with Gasteiger partial charge < -0.3 is 15.5 Å². The molecule has 3 rings (SSSR count). The van der Waals surface area contributed by atoms with Gasteiger partial charge in [0.05, 0.1) is 12.1 Å². The smallest absolute Gasteiger partial charge is 0.319 e. The van der Waals surface area contributed by atoms with E-state index in [1.807, 2.05) is 24.3 Å². The molecule has 3 N–H and O–H groups in total. The minimum absolute atomic E-state index is 0.193. The van der Waals surface area contributed by atoms with Crippen molar-refractivity contribution in [3.63, 3.8) is 0 Å². The van der Waals surface area contributed by atoms with Gasteiger partial charge in [0, 0.05) is 0 Å². The fourth-order valence-corrected chi connectivity index (χ4v) is 3.31. The number of aliphatic hydroxyl groups excluding tert-OH is 1. The molecule has 0 spiro atoms. The van der Waals surface area contributed by atoms with E-state index >= 15 is 0 Å². The zero-order valence-electron chi connectivity index (χ0n) is 12.2. The third-order valence-electron chi connectivity index (χ3n) is 4.71. The van der Waals surface area contributed by atoms with Crippen molar-refractivity contribution < 1.29 is 19.8 Å². The van der Waals surface area contributed by atoms with Crippen LogP contribution in [0.4, 0.5) is 0 Å². The molecule has 22 heavy (non-hydrogen) atoms. The van der Waals surface area contributed by atoms with Gasteiger partial charge in [-0.2, -0.15) is 0 Å². The number of rotatable bonds is 3. The fourth-order valence-electron chi connectivity index (χ4n) is 3.31. The van der Waals surface area contributed by atoms with Crippen molar-refractivity contribution in [3.05, 3.63) is 47.5 Å². The number of fused-ring (bicyclic) bond motifs is 1. The lowest BCUT2D eigenvalue weighted by molar-refractivity contribution is -0.155. The van der Waals surface area contributed by atoms with Crippen LogP contribution in [0.1, 0.15) is 36.4 Å². The second-order valence-electron chi connectivity index (χ2n) is 6.02. The summed E-state index contributed by atoms with van der Waals surface area (Å²) in [6.45, 7) is 0. The maximum Gasteiger partial charge on any atom is 0.319 e. The highest BCUT2D eigenvalue weighted by Gasteiger charge is 2.47. The number of aryl methyl sites for hydroxylation is 1. The van der Waals surface area contributed by atoms with Gasteiger partial charge in [-0.05, 0) is 36.8 Å². The quantitative estimate of drug-likeness (QED) is 0.584. The molecule has 0 unspecified atom stereocenters. The number of nitrogens with one attached hydrogen (secondary N) is 1. The number of carbonyl (C=O) groups is 2. The molecule has 1 aromatic carbocycles. The molecule has 0 saturated heterocycles. The lowest BCUT2D eigenvalue weighted by Gasteiger charge is -2.33. The van der Waals surface area contributed by atoms with Crippen LogP contribution in [0.3, 0.4) is 0 Å². The minimum Gasteiger partial charge on any atom is -0.480 e. The van der Waals surface area contributed by atoms with E-state index in [2.05, 4.69) is 5.32 Å². The number of allylic oxidation sites excluding steroid dienone is 2. The number of hydrogen-bond acceptors (Lipinski definition) is 3. The number of hydrogen-bond donors (Lipinski definition) is 3. The number of carboxylic acid groups (broad SMARTS) is 1. The maximum absolute atomic E-state index is 12.6. The zero-order chi connectivity index (χ0) is 15.7. The molecular weight excluding hydrogens is 282 g/mol. The highest BCUT2D eigenvalue weighted by molar-refractivity contribution is 6.03. The van der Waals surface area contributed by atoms with Gasteiger partial charge in [0.1, 0.15) is 0 Å². The number of aliphatic carboxylic acids is 1. The summed E-state index contributed by atoms with van der Waals surface area (Å²) in [5.41, 5.74) is 0.527. The fraction of sp³-hybridized carbons (Fsp3) is 0.412. The summed E-state index contributed by atoms with van der Waals surface area (Å²) in [5.74, 6) is -1.64. The Morgan fingerprint density at radius 3 is 2.55 bits per heavy atom. The number of carboxylic acids is 1. The minimum atomic E-state index is -1.44. The van der Waals surface area contributed by atoms with Crippen molar-refractivity contribution in [2.75, 3.05) is 0 Å². The van der Waals surface area contributed by atoms with Gasteiger partial charge in [0.15, 0.2) is 5.41 Å². The second-order valence-corrected chi connectivity index (χ2v) is 6.02. The van der Waals surface area contributed by atoms with Crippen LogP contribution in [-0.4, -0.2) is 28.2 Å². The normalized spacial score (nSPS) is 25.5. The third-order valence-corrected chi connectivity index (χ3v) is 4.71. The van der Waals surface area contributed by atoms with Crippen LogP contribution in [-0.2, 0) is 16.0 Å². The summed E-state index contributed by atoms with van der Waals surface area (Å²) < 4.78 is 0. The van der Waals surface area contributed by atoms with Crippen LogP contribution in [0.15, 0.2) is 36.4 Å². The van der Waals surface area contributed by atoms with Gasteiger partial charge in [-0.15, -0.1) is 0 Å². The Labute approximate surface area is 128 Å². The Hall–Kier alpha value is -2.14. The van der Waals surface area contributed by atoms with E-state index in [1.54, 1.807) is 12.2 Å². The Morgan fingerprint density at radius 1 is 1.18 bits per heavy atom. The molecule has 0 fully saturated rings. The molecule has 0 heterocycles. The largest absolute Gasteiger partial charge is 0.480 e. The van der Waals surface area contributed by atoms with Crippen LogP contribution in [0.5, 0.6) is 0 Å². The van der Waals surface area contributed by atoms with E-state index in [0.717, 1.165) is 17.5 Å². The van der Waals surface area contributed by atoms with Crippen LogP contribution in [0.2, 0.25) is 0 Å². The van der Waals surface area contributed by atoms with Gasteiger partial charge in [-0.1, -0.05) is 36.4 Å². The highest BCUT2D eigenvalue weighted by Crippen LogP contribution is 2.36. The second kappa shape index (κ2) is 5.57. The van der Waals surface area contributed by atoms with Crippen LogP contribution in [0.25, 0.3) is 0 Å². The topological polar surface area (TPSA) is 86.6 Å². The van der Waals surface area contributed by atoms with E-state index in [4.69, 9.17) is 0 Å². The van der Waals surface area contributed by atoms with Crippen molar-refractivity contribution in [2.45, 2.75) is 37.8 Å². The highest BCUT2D eigenvalue weighted by atomic mass is 16.4. The average Bonchev–Trinajstić information content (AvgIpc) is 3.01. The van der Waals surface area contributed by atoms with Gasteiger partial charge in [-0.25, -0.2) is 0 Å². The van der Waals surface area contributed by atoms with Gasteiger partial charge >= 0.3 is 5.97 Å². The van der Waals surface area contributed by atoms with Crippen LogP contribution < -0.4 is 5.32 Å². The molecule has 0 radical (unpaired) electrons. The number of aliphatic hydroxyl groups is 1. The molecule has 5 heteroatoms. The summed E-state index contributed by atoms with van der Waals surface area (Å²) in [4.78, 5) is 24.2. The lowest BCUT2D eigenvalue weighted by atomic mass is 9.81. The Balaban J connectivity index is 1.86. The number of amides is 1. The first kappa shape index (κ1) is 14.8. The van der Waals surface area contributed by atoms with Crippen molar-refractivity contribution >= 4 is 11.9 Å². The summed E-state index contributed by atoms with van der Waals surface area (Å²) in [6.07, 6.45) is 4.45. The van der Waals surface area contributed by atoms with Gasteiger partial charge in [-0.3, -0.25) is 9.59 Å². The summed E-state index contributed by atoms with van der Waals surface area (Å²) in [6, 6.07) is 7.09.